The second-order valence-corrected chi connectivity index (χ2v) is 4.37. The molecule has 0 spiro atoms. The summed E-state index contributed by atoms with van der Waals surface area (Å²) in [5.74, 6) is -0.414. The van der Waals surface area contributed by atoms with Crippen LogP contribution in [0.3, 0.4) is 0 Å². The average Bonchev–Trinajstić information content (AvgIpc) is 2.80. The molecule has 1 fully saturated rings. The Morgan fingerprint density at radius 2 is 1.88 bits per heavy atom. The summed E-state index contributed by atoms with van der Waals surface area (Å²) in [5.41, 5.74) is 1.04. The van der Waals surface area contributed by atoms with E-state index in [0.29, 0.717) is 19.6 Å². The molecule has 0 bridgehead atoms. The molecular formula is C14H18O3. The first-order chi connectivity index (χ1) is 8.23. The molecule has 0 aliphatic carbocycles. The molecule has 0 N–H and O–H groups in total. The molecule has 3 nitrogen and oxygen atoms in total. The Hall–Kier alpha value is -1.19. The van der Waals surface area contributed by atoms with E-state index in [0.717, 1.165) is 18.4 Å². The summed E-state index contributed by atoms with van der Waals surface area (Å²) in [5, 5.41) is 0. The van der Waals surface area contributed by atoms with Crippen LogP contribution in [-0.4, -0.2) is 19.0 Å². The third-order valence-corrected chi connectivity index (χ3v) is 3.00. The van der Waals surface area contributed by atoms with Crippen molar-refractivity contribution in [2.24, 2.45) is 0 Å². The van der Waals surface area contributed by atoms with Gasteiger partial charge in [0.25, 0.3) is 0 Å². The maximum atomic E-state index is 11.0. The summed E-state index contributed by atoms with van der Waals surface area (Å²) in [4.78, 5) is 11.0. The SMILES string of the molecule is CC(=O)CCCC1(c2ccccc2)OCCO1. The largest absolute Gasteiger partial charge is 0.343 e. The number of hydrogen-bond donors (Lipinski definition) is 0. The maximum absolute atomic E-state index is 11.0. The second-order valence-electron chi connectivity index (χ2n) is 4.37. The van der Waals surface area contributed by atoms with Crippen molar-refractivity contribution in [3.63, 3.8) is 0 Å². The van der Waals surface area contributed by atoms with E-state index in [-0.39, 0.29) is 5.78 Å². The number of ketones is 1. The Morgan fingerprint density at radius 1 is 1.24 bits per heavy atom. The van der Waals surface area contributed by atoms with Crippen molar-refractivity contribution < 1.29 is 14.3 Å². The third-order valence-electron chi connectivity index (χ3n) is 3.00. The van der Waals surface area contributed by atoms with Gasteiger partial charge in [0.15, 0.2) is 5.79 Å². The highest BCUT2D eigenvalue weighted by Gasteiger charge is 2.37. The lowest BCUT2D eigenvalue weighted by atomic mass is 9.99. The van der Waals surface area contributed by atoms with Crippen molar-refractivity contribution in [1.82, 2.24) is 0 Å². The lowest BCUT2D eigenvalue weighted by Crippen LogP contribution is -2.27. The van der Waals surface area contributed by atoms with Gasteiger partial charge in [0, 0.05) is 18.4 Å². The molecule has 0 amide bonds. The first-order valence-electron chi connectivity index (χ1n) is 6.06. The molecule has 0 saturated carbocycles. The van der Waals surface area contributed by atoms with Gasteiger partial charge in [-0.15, -0.1) is 0 Å². The molecule has 1 aromatic carbocycles. The number of benzene rings is 1. The molecule has 0 unspecified atom stereocenters. The van der Waals surface area contributed by atoms with E-state index < -0.39 is 5.79 Å². The molecular weight excluding hydrogens is 216 g/mol. The van der Waals surface area contributed by atoms with Crippen molar-refractivity contribution in [2.45, 2.75) is 32.0 Å². The van der Waals surface area contributed by atoms with Crippen molar-refractivity contribution in [1.29, 1.82) is 0 Å². The highest BCUT2D eigenvalue weighted by atomic mass is 16.7. The van der Waals surface area contributed by atoms with Crippen LogP contribution in [0.4, 0.5) is 0 Å². The zero-order valence-electron chi connectivity index (χ0n) is 10.1. The molecule has 1 aromatic rings. The van der Waals surface area contributed by atoms with Crippen LogP contribution in [0.25, 0.3) is 0 Å². The Labute approximate surface area is 102 Å². The molecule has 17 heavy (non-hydrogen) atoms. The zero-order valence-corrected chi connectivity index (χ0v) is 10.1. The van der Waals surface area contributed by atoms with Crippen molar-refractivity contribution in [3.8, 4) is 0 Å². The Bertz CT molecular complexity index is 366. The molecule has 3 heteroatoms. The van der Waals surface area contributed by atoms with E-state index in [4.69, 9.17) is 9.47 Å². The highest BCUT2D eigenvalue weighted by Crippen LogP contribution is 2.36. The topological polar surface area (TPSA) is 35.5 Å². The van der Waals surface area contributed by atoms with Gasteiger partial charge in [-0.3, -0.25) is 0 Å². The lowest BCUT2D eigenvalue weighted by molar-refractivity contribution is -0.171. The number of carbonyl (C=O) groups is 1. The van der Waals surface area contributed by atoms with Gasteiger partial charge in [-0.1, -0.05) is 30.3 Å². The van der Waals surface area contributed by atoms with Gasteiger partial charge in [0.2, 0.25) is 0 Å². The fraction of sp³-hybridized carbons (Fsp3) is 0.500. The Balaban J connectivity index is 2.07. The van der Waals surface area contributed by atoms with Crippen molar-refractivity contribution >= 4 is 5.78 Å². The first kappa shape index (κ1) is 12.3. The smallest absolute Gasteiger partial charge is 0.194 e. The van der Waals surface area contributed by atoms with Gasteiger partial charge in [-0.05, 0) is 13.3 Å². The monoisotopic (exact) mass is 234 g/mol. The number of hydrogen-bond acceptors (Lipinski definition) is 3. The predicted molar refractivity (Wildman–Crippen MR) is 64.6 cm³/mol. The zero-order chi connectivity index (χ0) is 12.1. The van der Waals surface area contributed by atoms with Gasteiger partial charge in [0.1, 0.15) is 5.78 Å². The minimum Gasteiger partial charge on any atom is -0.343 e. The Kier molecular flexibility index (Phi) is 3.92. The average molecular weight is 234 g/mol. The standard InChI is InChI=1S/C14H18O3/c1-12(15)6-5-9-14(16-10-11-17-14)13-7-3-2-4-8-13/h2-4,7-8H,5-6,9-11H2,1H3. The number of carbonyl (C=O) groups excluding carboxylic acids is 1. The molecule has 2 rings (SSSR count). The summed E-state index contributed by atoms with van der Waals surface area (Å²) >= 11 is 0. The molecule has 1 aliphatic heterocycles. The van der Waals surface area contributed by atoms with Crippen molar-refractivity contribution in [3.05, 3.63) is 35.9 Å². The van der Waals surface area contributed by atoms with E-state index in [1.54, 1.807) is 6.92 Å². The van der Waals surface area contributed by atoms with Gasteiger partial charge in [-0.25, -0.2) is 0 Å². The second kappa shape index (κ2) is 5.43. The molecule has 0 aromatic heterocycles. The van der Waals surface area contributed by atoms with E-state index in [1.807, 2.05) is 30.3 Å². The Morgan fingerprint density at radius 3 is 2.47 bits per heavy atom. The van der Waals surface area contributed by atoms with Gasteiger partial charge in [-0.2, -0.15) is 0 Å². The number of ether oxygens (including phenoxy) is 2. The molecule has 92 valence electrons. The minimum atomic E-state index is -0.628. The normalized spacial score (nSPS) is 18.2. The fourth-order valence-electron chi connectivity index (χ4n) is 2.17. The summed E-state index contributed by atoms with van der Waals surface area (Å²) in [6, 6.07) is 9.96. The minimum absolute atomic E-state index is 0.214. The lowest BCUT2D eigenvalue weighted by Gasteiger charge is -2.27. The van der Waals surface area contributed by atoms with Crippen LogP contribution in [0, 0.1) is 0 Å². The maximum Gasteiger partial charge on any atom is 0.194 e. The quantitative estimate of drug-likeness (QED) is 0.785. The number of rotatable bonds is 5. The summed E-state index contributed by atoms with van der Waals surface area (Å²) in [6.07, 6.45) is 2.11. The van der Waals surface area contributed by atoms with E-state index in [1.165, 1.54) is 0 Å². The third kappa shape index (κ3) is 2.93. The van der Waals surface area contributed by atoms with Gasteiger partial charge >= 0.3 is 0 Å². The molecule has 1 saturated heterocycles. The van der Waals surface area contributed by atoms with Gasteiger partial charge < -0.3 is 14.3 Å². The molecule has 0 radical (unpaired) electrons. The van der Waals surface area contributed by atoms with Crippen LogP contribution >= 0.6 is 0 Å². The predicted octanol–water partition coefficient (Wildman–Crippen LogP) is 2.65. The summed E-state index contributed by atoms with van der Waals surface area (Å²) < 4.78 is 11.5. The summed E-state index contributed by atoms with van der Waals surface area (Å²) in [7, 11) is 0. The van der Waals surface area contributed by atoms with Crippen molar-refractivity contribution in [2.75, 3.05) is 13.2 Å². The van der Waals surface area contributed by atoms with Crippen LogP contribution in [0.15, 0.2) is 30.3 Å². The van der Waals surface area contributed by atoms with E-state index in [9.17, 15) is 4.79 Å². The van der Waals surface area contributed by atoms with Crippen LogP contribution in [0.2, 0.25) is 0 Å². The first-order valence-corrected chi connectivity index (χ1v) is 6.06. The number of Topliss-reactive ketones (excluding diaryl/α,β-unsaturated/α-hetero) is 1. The van der Waals surface area contributed by atoms with Crippen LogP contribution < -0.4 is 0 Å². The van der Waals surface area contributed by atoms with Gasteiger partial charge in [0.05, 0.1) is 13.2 Å². The van der Waals surface area contributed by atoms with Crippen LogP contribution in [0.1, 0.15) is 31.7 Å². The van der Waals surface area contributed by atoms with E-state index >= 15 is 0 Å². The van der Waals surface area contributed by atoms with E-state index in [2.05, 4.69) is 0 Å². The highest BCUT2D eigenvalue weighted by molar-refractivity contribution is 5.75. The van der Waals surface area contributed by atoms with Crippen LogP contribution in [-0.2, 0) is 20.1 Å². The molecule has 1 heterocycles. The fourth-order valence-corrected chi connectivity index (χ4v) is 2.17. The molecule has 0 atom stereocenters. The molecule has 1 aliphatic rings. The van der Waals surface area contributed by atoms with Crippen LogP contribution in [0.5, 0.6) is 0 Å². The summed E-state index contributed by atoms with van der Waals surface area (Å²) in [6.45, 7) is 2.86.